The summed E-state index contributed by atoms with van der Waals surface area (Å²) in [6.45, 7) is 0. The van der Waals surface area contributed by atoms with Crippen molar-refractivity contribution in [1.29, 1.82) is 0 Å². The Hall–Kier alpha value is -1.39. The first-order chi connectivity index (χ1) is 11.9. The van der Waals surface area contributed by atoms with E-state index in [0.29, 0.717) is 25.6 Å². The molecule has 12 heteroatoms. The third-order valence-electron chi connectivity index (χ3n) is 2.40. The highest BCUT2D eigenvalue weighted by atomic mass is 79.9. The lowest BCUT2D eigenvalue weighted by atomic mass is 10.5. The van der Waals surface area contributed by atoms with Crippen LogP contribution >= 0.6 is 62.5 Å². The van der Waals surface area contributed by atoms with Crippen molar-refractivity contribution in [3.63, 3.8) is 0 Å². The highest BCUT2D eigenvalue weighted by Crippen LogP contribution is 2.33. The van der Waals surface area contributed by atoms with Crippen LogP contribution in [-0.4, -0.2) is 24.9 Å². The first-order valence-corrected chi connectivity index (χ1v) is 9.10. The van der Waals surface area contributed by atoms with E-state index in [-0.39, 0.29) is 11.0 Å². The van der Waals surface area contributed by atoms with Crippen molar-refractivity contribution >= 4 is 74.1 Å². The second-order valence-electron chi connectivity index (χ2n) is 4.16. The molecule has 0 aliphatic heterocycles. The van der Waals surface area contributed by atoms with Gasteiger partial charge in [0, 0.05) is 17.3 Å². The van der Waals surface area contributed by atoms with Crippen LogP contribution in [0.25, 0.3) is 0 Å². The number of aromatic nitrogens is 5. The Balaban J connectivity index is 0.000000212. The maximum Gasteiger partial charge on any atom is 0.158 e. The number of nitrogen functional groups attached to an aromatic ring is 2. The van der Waals surface area contributed by atoms with Gasteiger partial charge in [0.25, 0.3) is 0 Å². The van der Waals surface area contributed by atoms with Crippen molar-refractivity contribution in [1.82, 2.24) is 24.9 Å². The monoisotopic (exact) mass is 479 g/mol. The first-order valence-electron chi connectivity index (χ1n) is 6.35. The summed E-state index contributed by atoms with van der Waals surface area (Å²) in [5, 5.41) is 1.68. The van der Waals surface area contributed by atoms with Gasteiger partial charge in [-0.15, -0.1) is 0 Å². The molecule has 0 aliphatic carbocycles. The van der Waals surface area contributed by atoms with Crippen LogP contribution in [0.15, 0.2) is 45.4 Å². The summed E-state index contributed by atoms with van der Waals surface area (Å²) in [5.74, 6) is 0.591. The minimum atomic E-state index is 0.266. The smallest absolute Gasteiger partial charge is 0.158 e. The van der Waals surface area contributed by atoms with E-state index in [1.54, 1.807) is 18.5 Å². The molecule has 4 N–H and O–H groups in total. The lowest BCUT2D eigenvalue weighted by molar-refractivity contribution is 1.07. The fraction of sp³-hybridized carbons (Fsp3) is 0. The second-order valence-corrected chi connectivity index (χ2v) is 7.12. The topological polar surface area (TPSA) is 116 Å². The summed E-state index contributed by atoms with van der Waals surface area (Å²) >= 11 is 21.4. The van der Waals surface area contributed by atoms with E-state index in [4.69, 9.17) is 46.3 Å². The molecule has 0 saturated heterocycles. The molecule has 0 aliphatic rings. The highest BCUT2D eigenvalue weighted by Gasteiger charge is 2.08. The van der Waals surface area contributed by atoms with Crippen molar-refractivity contribution in [3.05, 3.63) is 50.8 Å². The maximum absolute atomic E-state index is 5.96. The van der Waals surface area contributed by atoms with Crippen LogP contribution in [0, 0.1) is 0 Å². The van der Waals surface area contributed by atoms with E-state index in [2.05, 4.69) is 40.8 Å². The van der Waals surface area contributed by atoms with E-state index >= 15 is 0 Å². The van der Waals surface area contributed by atoms with Crippen LogP contribution in [-0.2, 0) is 0 Å². The average molecular weight is 482 g/mol. The van der Waals surface area contributed by atoms with Gasteiger partial charge in [0.2, 0.25) is 0 Å². The van der Waals surface area contributed by atoms with Gasteiger partial charge in [0.15, 0.2) is 11.6 Å². The van der Waals surface area contributed by atoms with E-state index in [1.165, 1.54) is 24.2 Å². The van der Waals surface area contributed by atoms with Crippen LogP contribution in [0.2, 0.25) is 15.3 Å². The highest BCUT2D eigenvalue weighted by molar-refractivity contribution is 9.10. The Kier molecular flexibility index (Phi) is 7.45. The standard InChI is InChI=1S/C9H6Cl2N4S.C4H3BrClN3/c10-5-3-13-2-1-6(5)16-9-8(12)15-7(11)4-14-9;5-3-4(7)9-2(6)1-8-3/h1-4H,(H2,12,15);1H,(H2,7,9). The normalized spacial score (nSPS) is 10.1. The summed E-state index contributed by atoms with van der Waals surface area (Å²) in [7, 11) is 0. The van der Waals surface area contributed by atoms with Gasteiger partial charge in [-0.3, -0.25) is 4.98 Å². The maximum atomic E-state index is 5.96. The first kappa shape index (κ1) is 19.9. The molecule has 3 heterocycles. The number of pyridine rings is 1. The second kappa shape index (κ2) is 9.35. The summed E-state index contributed by atoms with van der Waals surface area (Å²) in [4.78, 5) is 20.2. The molecule has 0 saturated carbocycles. The molecule has 0 unspecified atom stereocenters. The zero-order valence-corrected chi connectivity index (χ0v) is 16.9. The van der Waals surface area contributed by atoms with Crippen molar-refractivity contribution in [2.75, 3.05) is 11.5 Å². The van der Waals surface area contributed by atoms with Crippen LogP contribution in [0.4, 0.5) is 11.6 Å². The lowest BCUT2D eigenvalue weighted by Gasteiger charge is -2.04. The van der Waals surface area contributed by atoms with Gasteiger partial charge < -0.3 is 11.5 Å². The minimum Gasteiger partial charge on any atom is -0.381 e. The van der Waals surface area contributed by atoms with E-state index in [0.717, 1.165) is 4.90 Å². The van der Waals surface area contributed by atoms with Gasteiger partial charge in [-0.1, -0.05) is 46.6 Å². The number of rotatable bonds is 2. The molecule has 0 radical (unpaired) electrons. The van der Waals surface area contributed by atoms with E-state index < -0.39 is 0 Å². The zero-order chi connectivity index (χ0) is 18.4. The van der Waals surface area contributed by atoms with Crippen LogP contribution in [0.5, 0.6) is 0 Å². The van der Waals surface area contributed by atoms with E-state index in [1.807, 2.05) is 0 Å². The van der Waals surface area contributed by atoms with Crippen LogP contribution in [0.1, 0.15) is 0 Å². The summed E-state index contributed by atoms with van der Waals surface area (Å²) in [5.41, 5.74) is 11.0. The third kappa shape index (κ3) is 6.12. The third-order valence-corrected chi connectivity index (χ3v) is 4.87. The molecule has 3 rings (SSSR count). The predicted octanol–water partition coefficient (Wildman–Crippen LogP) is 4.39. The minimum absolute atomic E-state index is 0.266. The molecule has 0 spiro atoms. The number of halogens is 4. The molecule has 3 aromatic heterocycles. The fourth-order valence-electron chi connectivity index (χ4n) is 1.36. The van der Waals surface area contributed by atoms with Crippen molar-refractivity contribution in [2.45, 2.75) is 9.92 Å². The average Bonchev–Trinajstić information content (AvgIpc) is 2.56. The molecule has 7 nitrogen and oxygen atoms in total. The molecular weight excluding hydrogens is 473 g/mol. The van der Waals surface area contributed by atoms with Gasteiger partial charge in [-0.25, -0.2) is 19.9 Å². The quantitative estimate of drug-likeness (QED) is 0.554. The molecule has 0 amide bonds. The molecule has 3 aromatic rings. The fourth-order valence-corrected chi connectivity index (χ4v) is 2.81. The number of nitrogens with two attached hydrogens (primary N) is 2. The molecule has 0 atom stereocenters. The number of hydrogen-bond donors (Lipinski definition) is 2. The molecule has 130 valence electrons. The molecule has 0 bridgehead atoms. The van der Waals surface area contributed by atoms with Gasteiger partial charge in [0.05, 0.1) is 17.4 Å². The summed E-state index contributed by atoms with van der Waals surface area (Å²) in [6.07, 6.45) is 6.06. The molecule has 0 fully saturated rings. The Labute approximate surface area is 170 Å². The molecule has 25 heavy (non-hydrogen) atoms. The number of nitrogens with zero attached hydrogens (tertiary/aromatic N) is 5. The van der Waals surface area contributed by atoms with Gasteiger partial charge in [-0.2, -0.15) is 0 Å². The van der Waals surface area contributed by atoms with Crippen LogP contribution < -0.4 is 11.5 Å². The lowest BCUT2D eigenvalue weighted by Crippen LogP contribution is -1.95. The Morgan fingerprint density at radius 2 is 1.56 bits per heavy atom. The largest absolute Gasteiger partial charge is 0.381 e. The number of hydrogen-bond acceptors (Lipinski definition) is 8. The van der Waals surface area contributed by atoms with Crippen molar-refractivity contribution in [2.24, 2.45) is 0 Å². The Bertz CT molecular complexity index is 884. The van der Waals surface area contributed by atoms with Gasteiger partial charge in [0.1, 0.15) is 19.9 Å². The summed E-state index contributed by atoms with van der Waals surface area (Å²) < 4.78 is 0.520. The molecule has 0 aromatic carbocycles. The molecular formula is C13H9BrCl3N7S. The number of anilines is 2. The Morgan fingerprint density at radius 3 is 2.12 bits per heavy atom. The Morgan fingerprint density at radius 1 is 0.920 bits per heavy atom. The van der Waals surface area contributed by atoms with E-state index in [9.17, 15) is 0 Å². The SMILES string of the molecule is Nc1nc(Cl)cnc1Br.Nc1nc(Cl)cnc1Sc1ccncc1Cl. The van der Waals surface area contributed by atoms with Crippen molar-refractivity contribution in [3.8, 4) is 0 Å². The van der Waals surface area contributed by atoms with Gasteiger partial charge in [-0.05, 0) is 22.0 Å². The zero-order valence-electron chi connectivity index (χ0n) is 12.2. The predicted molar refractivity (Wildman–Crippen MR) is 104 cm³/mol. The van der Waals surface area contributed by atoms with Crippen LogP contribution in [0.3, 0.4) is 0 Å². The summed E-state index contributed by atoms with van der Waals surface area (Å²) in [6, 6.07) is 1.78. The van der Waals surface area contributed by atoms with Crippen molar-refractivity contribution < 1.29 is 0 Å². The van der Waals surface area contributed by atoms with Gasteiger partial charge >= 0.3 is 0 Å².